The van der Waals surface area contributed by atoms with Crippen molar-refractivity contribution in [1.29, 1.82) is 0 Å². The third kappa shape index (κ3) is 2.89. The quantitative estimate of drug-likeness (QED) is 0.778. The second-order valence-corrected chi connectivity index (χ2v) is 6.52. The third-order valence-corrected chi connectivity index (χ3v) is 4.64. The lowest BCUT2D eigenvalue weighted by Gasteiger charge is -2.10. The highest BCUT2D eigenvalue weighted by Crippen LogP contribution is 2.35. The van der Waals surface area contributed by atoms with E-state index in [-0.39, 0.29) is 18.1 Å². The van der Waals surface area contributed by atoms with E-state index in [0.29, 0.717) is 28.3 Å². The van der Waals surface area contributed by atoms with Gasteiger partial charge in [0.05, 0.1) is 17.8 Å². The molecule has 26 heavy (non-hydrogen) atoms. The van der Waals surface area contributed by atoms with E-state index in [9.17, 15) is 13.6 Å². The van der Waals surface area contributed by atoms with Crippen LogP contribution in [0.25, 0.3) is 22.0 Å². The molecule has 1 saturated carbocycles. The normalized spacial score (nSPS) is 18.8. The molecule has 5 nitrogen and oxygen atoms in total. The van der Waals surface area contributed by atoms with Crippen molar-refractivity contribution in [1.82, 2.24) is 15.0 Å². The summed E-state index contributed by atoms with van der Waals surface area (Å²) in [5.74, 6) is -0.946. The number of hydrogen-bond acceptors (Lipinski definition) is 4. The minimum Gasteiger partial charge on any atom is -0.310 e. The topological polar surface area (TPSA) is 67.8 Å². The molecule has 3 aromatic heterocycles. The molecule has 0 aliphatic heterocycles. The molecule has 1 fully saturated rings. The second-order valence-electron chi connectivity index (χ2n) is 6.52. The monoisotopic (exact) mass is 354 g/mol. The Bertz CT molecular complexity index is 1040. The first kappa shape index (κ1) is 16.5. The lowest BCUT2D eigenvalue weighted by molar-refractivity contribution is -0.117. The number of aromatic nitrogens is 3. The summed E-state index contributed by atoms with van der Waals surface area (Å²) >= 11 is 0. The van der Waals surface area contributed by atoms with Gasteiger partial charge < -0.3 is 5.32 Å². The van der Waals surface area contributed by atoms with Crippen LogP contribution < -0.4 is 5.32 Å². The second kappa shape index (κ2) is 6.09. The molecule has 0 spiro atoms. The molecule has 132 valence electrons. The smallest absolute Gasteiger partial charge is 0.231 e. The molecule has 7 heteroatoms. The van der Waals surface area contributed by atoms with Gasteiger partial charge in [0.1, 0.15) is 17.8 Å². The first-order chi connectivity index (χ1) is 12.4. The molecule has 1 aliphatic rings. The Kier molecular flexibility index (Phi) is 3.86. The number of alkyl halides is 1. The molecule has 3 heterocycles. The fraction of sp³-hybridized carbons (Fsp3) is 0.263. The van der Waals surface area contributed by atoms with Gasteiger partial charge in [0.25, 0.3) is 0 Å². The van der Waals surface area contributed by atoms with Crippen molar-refractivity contribution in [2.75, 3.05) is 5.32 Å². The zero-order valence-electron chi connectivity index (χ0n) is 14.3. The van der Waals surface area contributed by atoms with Gasteiger partial charge in [-0.05, 0) is 38.0 Å². The average Bonchev–Trinajstić information content (AvgIpc) is 3.35. The Hall–Kier alpha value is -2.96. The zero-order chi connectivity index (χ0) is 18.4. The van der Waals surface area contributed by atoms with Crippen molar-refractivity contribution in [3.63, 3.8) is 0 Å². The Morgan fingerprint density at radius 3 is 2.73 bits per heavy atom. The van der Waals surface area contributed by atoms with Crippen molar-refractivity contribution in [3.05, 3.63) is 47.8 Å². The molecule has 4 rings (SSSR count). The summed E-state index contributed by atoms with van der Waals surface area (Å²) in [6, 6.07) is 3.52. The molecule has 0 radical (unpaired) electrons. The number of nitrogens with one attached hydrogen (secondary N) is 1. The Balaban J connectivity index is 1.71. The summed E-state index contributed by atoms with van der Waals surface area (Å²) in [6.45, 7) is 3.51. The highest BCUT2D eigenvalue weighted by molar-refractivity contribution is 5.96. The molecule has 0 unspecified atom stereocenters. The van der Waals surface area contributed by atoms with Crippen molar-refractivity contribution in [2.24, 2.45) is 5.92 Å². The van der Waals surface area contributed by atoms with E-state index in [1.54, 1.807) is 25.4 Å². The Morgan fingerprint density at radius 2 is 2.00 bits per heavy atom. The van der Waals surface area contributed by atoms with Crippen molar-refractivity contribution < 1.29 is 13.6 Å². The van der Waals surface area contributed by atoms with Gasteiger partial charge in [-0.25, -0.2) is 13.8 Å². The maximum atomic E-state index is 13.8. The first-order valence-electron chi connectivity index (χ1n) is 8.27. The number of fused-ring (bicyclic) bond motifs is 1. The van der Waals surface area contributed by atoms with Crippen LogP contribution >= 0.6 is 0 Å². The van der Waals surface area contributed by atoms with Crippen LogP contribution in [0, 0.1) is 25.6 Å². The number of hydrogen-bond donors (Lipinski definition) is 1. The Labute approximate surface area is 148 Å². The van der Waals surface area contributed by atoms with E-state index in [4.69, 9.17) is 0 Å². The predicted octanol–water partition coefficient (Wildman–Crippen LogP) is 3.74. The molecule has 1 amide bonds. The molecular weight excluding hydrogens is 338 g/mol. The van der Waals surface area contributed by atoms with E-state index in [0.717, 1.165) is 10.8 Å². The first-order valence-corrected chi connectivity index (χ1v) is 8.27. The van der Waals surface area contributed by atoms with Crippen LogP contribution in [-0.2, 0) is 4.79 Å². The third-order valence-electron chi connectivity index (χ3n) is 4.64. The van der Waals surface area contributed by atoms with Crippen LogP contribution in [0.15, 0.2) is 30.7 Å². The van der Waals surface area contributed by atoms with E-state index in [1.807, 2.05) is 13.0 Å². The van der Waals surface area contributed by atoms with Crippen LogP contribution in [0.3, 0.4) is 0 Å². The van der Waals surface area contributed by atoms with Crippen LogP contribution in [0.4, 0.5) is 14.6 Å². The van der Waals surface area contributed by atoms with Crippen molar-refractivity contribution in [2.45, 2.75) is 26.4 Å². The predicted molar refractivity (Wildman–Crippen MR) is 93.8 cm³/mol. The maximum Gasteiger partial charge on any atom is 0.231 e. The molecule has 3 aromatic rings. The van der Waals surface area contributed by atoms with Crippen LogP contribution in [0.5, 0.6) is 0 Å². The fourth-order valence-electron chi connectivity index (χ4n) is 2.93. The summed E-state index contributed by atoms with van der Waals surface area (Å²) in [4.78, 5) is 24.5. The van der Waals surface area contributed by atoms with Gasteiger partial charge in [-0.3, -0.25) is 14.8 Å². The zero-order valence-corrected chi connectivity index (χ0v) is 14.3. The summed E-state index contributed by atoms with van der Waals surface area (Å²) in [6.07, 6.45) is 3.59. The van der Waals surface area contributed by atoms with E-state index in [2.05, 4.69) is 20.3 Å². The van der Waals surface area contributed by atoms with Gasteiger partial charge in [-0.1, -0.05) is 0 Å². The standard InChI is InChI=1S/C19H16F2N4O/c1-9-14(7-22-8-16(9)21)17-3-11-6-23-18(5-12(11)10(2)24-17)25-19(26)13-4-15(13)20/h3,5-8,13,15H,4H2,1-2H3,(H,23,25,26)/t13-,15+/m1/s1. The lowest BCUT2D eigenvalue weighted by Crippen LogP contribution is -2.15. The van der Waals surface area contributed by atoms with E-state index in [1.165, 1.54) is 6.20 Å². The van der Waals surface area contributed by atoms with Crippen LogP contribution in [0.2, 0.25) is 0 Å². The number of pyridine rings is 3. The number of aryl methyl sites for hydroxylation is 1. The Morgan fingerprint density at radius 1 is 1.23 bits per heavy atom. The molecule has 2 atom stereocenters. The van der Waals surface area contributed by atoms with Crippen LogP contribution in [-0.4, -0.2) is 27.0 Å². The SMILES string of the molecule is Cc1c(F)cncc1-c1cc2cnc(NC(=O)[C@@H]3C[C@@H]3F)cc2c(C)n1. The molecule has 0 aromatic carbocycles. The number of carbonyl (C=O) groups is 1. The molecule has 0 bridgehead atoms. The van der Waals surface area contributed by atoms with Gasteiger partial charge in [0, 0.05) is 34.4 Å². The molecule has 1 N–H and O–H groups in total. The summed E-state index contributed by atoms with van der Waals surface area (Å²) < 4.78 is 26.8. The van der Waals surface area contributed by atoms with Gasteiger partial charge in [-0.2, -0.15) is 0 Å². The summed E-state index contributed by atoms with van der Waals surface area (Å²) in [7, 11) is 0. The van der Waals surface area contributed by atoms with E-state index < -0.39 is 12.1 Å². The minimum absolute atomic E-state index is 0.268. The largest absolute Gasteiger partial charge is 0.310 e. The summed E-state index contributed by atoms with van der Waals surface area (Å²) in [5.41, 5.74) is 2.42. The van der Waals surface area contributed by atoms with Gasteiger partial charge in [0.15, 0.2) is 0 Å². The number of anilines is 1. The van der Waals surface area contributed by atoms with E-state index >= 15 is 0 Å². The lowest BCUT2D eigenvalue weighted by atomic mass is 10.0. The van der Waals surface area contributed by atoms with Crippen molar-refractivity contribution in [3.8, 4) is 11.3 Å². The van der Waals surface area contributed by atoms with Crippen molar-refractivity contribution >= 4 is 22.5 Å². The molecule has 0 saturated heterocycles. The number of nitrogens with zero attached hydrogens (tertiary/aromatic N) is 3. The number of rotatable bonds is 3. The highest BCUT2D eigenvalue weighted by atomic mass is 19.1. The molecule has 1 aliphatic carbocycles. The van der Waals surface area contributed by atoms with Crippen LogP contribution in [0.1, 0.15) is 17.7 Å². The summed E-state index contributed by atoms with van der Waals surface area (Å²) in [5, 5.41) is 4.26. The van der Waals surface area contributed by atoms with Gasteiger partial charge in [0.2, 0.25) is 5.91 Å². The highest BCUT2D eigenvalue weighted by Gasteiger charge is 2.43. The maximum absolute atomic E-state index is 13.8. The number of halogens is 2. The average molecular weight is 354 g/mol. The van der Waals surface area contributed by atoms with Gasteiger partial charge >= 0.3 is 0 Å². The number of carbonyl (C=O) groups excluding carboxylic acids is 1. The number of amides is 1. The molecular formula is C19H16F2N4O. The van der Waals surface area contributed by atoms with Gasteiger partial charge in [-0.15, -0.1) is 0 Å². The minimum atomic E-state index is -1.05. The fourth-order valence-corrected chi connectivity index (χ4v) is 2.93.